The molecule has 0 aromatic heterocycles. The van der Waals surface area contributed by atoms with Gasteiger partial charge in [-0.25, -0.2) is 4.79 Å². The van der Waals surface area contributed by atoms with Crippen molar-refractivity contribution in [1.82, 2.24) is 10.2 Å². The first kappa shape index (κ1) is 15.8. The molecule has 19 heavy (non-hydrogen) atoms. The molecular weight excluding hydrogens is 246 g/mol. The SMILES string of the molecule is CCCC1CC(NC(=O)OCC)CN(CC(N)=O)C1. The van der Waals surface area contributed by atoms with E-state index >= 15 is 0 Å². The number of nitrogens with two attached hydrogens (primary N) is 1. The zero-order chi connectivity index (χ0) is 14.3. The normalized spacial score (nSPS) is 23.9. The van der Waals surface area contributed by atoms with E-state index in [2.05, 4.69) is 12.2 Å². The van der Waals surface area contributed by atoms with Crippen molar-refractivity contribution in [3.8, 4) is 0 Å². The number of alkyl carbamates (subject to hydrolysis) is 1. The van der Waals surface area contributed by atoms with Crippen LogP contribution in [-0.4, -0.2) is 49.2 Å². The zero-order valence-electron chi connectivity index (χ0n) is 11.9. The van der Waals surface area contributed by atoms with Crippen LogP contribution < -0.4 is 11.1 Å². The zero-order valence-corrected chi connectivity index (χ0v) is 11.9. The maximum absolute atomic E-state index is 11.5. The van der Waals surface area contributed by atoms with Gasteiger partial charge in [0.1, 0.15) is 0 Å². The van der Waals surface area contributed by atoms with E-state index in [1.54, 1.807) is 6.92 Å². The molecule has 0 aliphatic carbocycles. The van der Waals surface area contributed by atoms with Crippen LogP contribution in [0.15, 0.2) is 0 Å². The summed E-state index contributed by atoms with van der Waals surface area (Å²) in [6.07, 6.45) is 2.74. The second-order valence-electron chi connectivity index (χ2n) is 5.11. The van der Waals surface area contributed by atoms with Gasteiger partial charge in [0.2, 0.25) is 5.91 Å². The van der Waals surface area contributed by atoms with Gasteiger partial charge in [-0.3, -0.25) is 9.69 Å². The first-order valence-corrected chi connectivity index (χ1v) is 6.99. The Kier molecular flexibility index (Phi) is 6.62. The molecule has 0 radical (unpaired) electrons. The molecule has 1 aliphatic heterocycles. The monoisotopic (exact) mass is 271 g/mol. The van der Waals surface area contributed by atoms with Crippen molar-refractivity contribution in [3.05, 3.63) is 0 Å². The molecule has 2 amide bonds. The lowest BCUT2D eigenvalue weighted by atomic mass is 9.90. The lowest BCUT2D eigenvalue weighted by Gasteiger charge is -2.37. The van der Waals surface area contributed by atoms with Crippen molar-refractivity contribution in [3.63, 3.8) is 0 Å². The molecule has 0 bridgehead atoms. The molecule has 1 fully saturated rings. The minimum absolute atomic E-state index is 0.0312. The van der Waals surface area contributed by atoms with Crippen molar-refractivity contribution in [1.29, 1.82) is 0 Å². The minimum atomic E-state index is -0.385. The molecule has 0 aromatic carbocycles. The highest BCUT2D eigenvalue weighted by Crippen LogP contribution is 2.21. The molecule has 6 nitrogen and oxygen atoms in total. The number of rotatable bonds is 6. The average molecular weight is 271 g/mol. The number of likely N-dealkylation sites (tertiary alicyclic amines) is 1. The van der Waals surface area contributed by atoms with Crippen LogP contribution in [0.1, 0.15) is 33.1 Å². The Morgan fingerprint density at radius 2 is 2.11 bits per heavy atom. The molecule has 0 saturated carbocycles. The fraction of sp³-hybridized carbons (Fsp3) is 0.846. The van der Waals surface area contributed by atoms with Crippen molar-refractivity contribution < 1.29 is 14.3 Å². The van der Waals surface area contributed by atoms with Crippen LogP contribution in [0.25, 0.3) is 0 Å². The Bertz CT molecular complexity index is 310. The van der Waals surface area contributed by atoms with Gasteiger partial charge in [-0.2, -0.15) is 0 Å². The van der Waals surface area contributed by atoms with Crippen LogP contribution in [-0.2, 0) is 9.53 Å². The highest BCUT2D eigenvalue weighted by molar-refractivity contribution is 5.76. The summed E-state index contributed by atoms with van der Waals surface area (Å²) >= 11 is 0. The number of carbonyl (C=O) groups excluding carboxylic acids is 2. The first-order valence-electron chi connectivity index (χ1n) is 6.99. The Labute approximate surface area is 114 Å². The van der Waals surface area contributed by atoms with E-state index in [0.29, 0.717) is 19.1 Å². The third-order valence-electron chi connectivity index (χ3n) is 3.29. The smallest absolute Gasteiger partial charge is 0.407 e. The van der Waals surface area contributed by atoms with E-state index in [0.717, 1.165) is 25.8 Å². The number of primary amides is 1. The van der Waals surface area contributed by atoms with Gasteiger partial charge in [-0.15, -0.1) is 0 Å². The topological polar surface area (TPSA) is 84.7 Å². The molecular formula is C13H25N3O3. The Hall–Kier alpha value is -1.30. The molecule has 0 aromatic rings. The van der Waals surface area contributed by atoms with Crippen molar-refractivity contribution in [2.75, 3.05) is 26.2 Å². The summed E-state index contributed by atoms with van der Waals surface area (Å²) in [5.74, 6) is 0.164. The Morgan fingerprint density at radius 3 is 2.68 bits per heavy atom. The molecule has 1 aliphatic rings. The fourth-order valence-corrected chi connectivity index (χ4v) is 2.71. The highest BCUT2D eigenvalue weighted by Gasteiger charge is 2.28. The van der Waals surface area contributed by atoms with Crippen LogP contribution in [0, 0.1) is 5.92 Å². The van der Waals surface area contributed by atoms with Crippen molar-refractivity contribution in [2.24, 2.45) is 11.7 Å². The number of amides is 2. The third kappa shape index (κ3) is 5.92. The number of hydrogen-bond acceptors (Lipinski definition) is 4. The number of carbonyl (C=O) groups is 2. The predicted molar refractivity (Wildman–Crippen MR) is 72.6 cm³/mol. The molecule has 2 atom stereocenters. The summed E-state index contributed by atoms with van der Waals surface area (Å²) in [5.41, 5.74) is 5.24. The van der Waals surface area contributed by atoms with Gasteiger partial charge in [0, 0.05) is 19.1 Å². The largest absolute Gasteiger partial charge is 0.450 e. The van der Waals surface area contributed by atoms with Crippen LogP contribution in [0.5, 0.6) is 0 Å². The predicted octanol–water partition coefficient (Wildman–Crippen LogP) is 0.708. The second-order valence-corrected chi connectivity index (χ2v) is 5.11. The maximum Gasteiger partial charge on any atom is 0.407 e. The quantitative estimate of drug-likeness (QED) is 0.745. The molecule has 1 saturated heterocycles. The number of ether oxygens (including phenoxy) is 1. The van der Waals surface area contributed by atoms with Gasteiger partial charge in [-0.05, 0) is 25.7 Å². The van der Waals surface area contributed by atoms with E-state index < -0.39 is 0 Å². The average Bonchev–Trinajstić information content (AvgIpc) is 2.28. The number of nitrogens with zero attached hydrogens (tertiary/aromatic N) is 1. The maximum atomic E-state index is 11.5. The molecule has 0 spiro atoms. The van der Waals surface area contributed by atoms with E-state index in [1.165, 1.54) is 0 Å². The molecule has 110 valence electrons. The molecule has 2 unspecified atom stereocenters. The first-order chi connectivity index (χ1) is 9.05. The van der Waals surface area contributed by atoms with Crippen molar-refractivity contribution in [2.45, 2.75) is 39.2 Å². The van der Waals surface area contributed by atoms with Gasteiger partial charge < -0.3 is 15.8 Å². The third-order valence-corrected chi connectivity index (χ3v) is 3.29. The van der Waals surface area contributed by atoms with Crippen LogP contribution >= 0.6 is 0 Å². The lowest BCUT2D eigenvalue weighted by Crippen LogP contribution is -2.52. The summed E-state index contributed by atoms with van der Waals surface area (Å²) in [4.78, 5) is 24.5. The summed E-state index contributed by atoms with van der Waals surface area (Å²) in [5, 5.41) is 2.86. The molecule has 1 heterocycles. The number of hydrogen-bond donors (Lipinski definition) is 2. The Morgan fingerprint density at radius 1 is 1.37 bits per heavy atom. The number of nitrogens with one attached hydrogen (secondary N) is 1. The van der Waals surface area contributed by atoms with E-state index in [4.69, 9.17) is 10.5 Å². The minimum Gasteiger partial charge on any atom is -0.450 e. The fourth-order valence-electron chi connectivity index (χ4n) is 2.71. The van der Waals surface area contributed by atoms with Crippen LogP contribution in [0.3, 0.4) is 0 Å². The van der Waals surface area contributed by atoms with Crippen molar-refractivity contribution >= 4 is 12.0 Å². The van der Waals surface area contributed by atoms with Gasteiger partial charge in [-0.1, -0.05) is 13.3 Å². The standard InChI is InChI=1S/C13H25N3O3/c1-3-5-10-6-11(15-13(18)19-4-2)8-16(7-10)9-12(14)17/h10-11H,3-9H2,1-2H3,(H2,14,17)(H,15,18). The summed E-state index contributed by atoms with van der Waals surface area (Å²) in [6, 6.07) is 0.0312. The van der Waals surface area contributed by atoms with Gasteiger partial charge in [0.25, 0.3) is 0 Å². The van der Waals surface area contributed by atoms with E-state index in [1.807, 2.05) is 4.90 Å². The molecule has 6 heteroatoms. The van der Waals surface area contributed by atoms with Crippen LogP contribution in [0.4, 0.5) is 4.79 Å². The van der Waals surface area contributed by atoms with Gasteiger partial charge in [0.05, 0.1) is 13.2 Å². The van der Waals surface area contributed by atoms with Gasteiger partial charge in [0.15, 0.2) is 0 Å². The van der Waals surface area contributed by atoms with E-state index in [9.17, 15) is 9.59 Å². The summed E-state index contributed by atoms with van der Waals surface area (Å²) in [6.45, 7) is 6.06. The van der Waals surface area contributed by atoms with E-state index in [-0.39, 0.29) is 24.6 Å². The highest BCUT2D eigenvalue weighted by atomic mass is 16.5. The number of piperidine rings is 1. The lowest BCUT2D eigenvalue weighted by molar-refractivity contribution is -0.119. The molecule has 1 rings (SSSR count). The summed E-state index contributed by atoms with van der Waals surface area (Å²) in [7, 11) is 0. The molecule has 3 N–H and O–H groups in total. The summed E-state index contributed by atoms with van der Waals surface area (Å²) < 4.78 is 4.90. The van der Waals surface area contributed by atoms with Crippen LogP contribution in [0.2, 0.25) is 0 Å². The van der Waals surface area contributed by atoms with Gasteiger partial charge >= 0.3 is 6.09 Å². The second kappa shape index (κ2) is 7.99. The Balaban J connectivity index is 2.53.